The van der Waals surface area contributed by atoms with Crippen LogP contribution in [-0.4, -0.2) is 57.8 Å². The van der Waals surface area contributed by atoms with Crippen LogP contribution in [0, 0.1) is 0 Å². The molecule has 2 aliphatic rings. The minimum absolute atomic E-state index is 0.0993. The van der Waals surface area contributed by atoms with Gasteiger partial charge in [-0.1, -0.05) is 65.7 Å². The molecule has 4 aromatic rings. The highest BCUT2D eigenvalue weighted by Crippen LogP contribution is 2.43. The first-order valence-corrected chi connectivity index (χ1v) is 15.3. The molecule has 2 N–H and O–H groups in total. The van der Waals surface area contributed by atoms with Crippen LogP contribution in [-0.2, 0) is 11.3 Å². The summed E-state index contributed by atoms with van der Waals surface area (Å²) in [4.78, 5) is 20.8. The fraction of sp³-hybridized carbons (Fsp3) is 0.294. The second-order valence-electron chi connectivity index (χ2n) is 11.2. The van der Waals surface area contributed by atoms with Crippen LogP contribution in [0.4, 0.5) is 11.4 Å². The van der Waals surface area contributed by atoms with E-state index in [1.807, 2.05) is 49.5 Å². The highest BCUT2D eigenvalue weighted by atomic mass is 35.5. The summed E-state index contributed by atoms with van der Waals surface area (Å²) in [6.45, 7) is 3.41. The number of carbonyl (C=O) groups is 1. The molecule has 1 amide bonds. The third-order valence-electron chi connectivity index (χ3n) is 8.33. The van der Waals surface area contributed by atoms with Gasteiger partial charge in [-0.3, -0.25) is 4.79 Å². The monoisotopic (exact) mass is 615 g/mol. The van der Waals surface area contributed by atoms with Crippen molar-refractivity contribution in [3.05, 3.63) is 82.3 Å². The van der Waals surface area contributed by atoms with Crippen LogP contribution >= 0.6 is 23.2 Å². The lowest BCUT2D eigenvalue weighted by Gasteiger charge is -2.24. The lowest BCUT2D eigenvalue weighted by molar-refractivity contribution is -0.119. The van der Waals surface area contributed by atoms with Crippen molar-refractivity contribution >= 4 is 40.5 Å². The number of benzene rings is 3. The molecule has 1 saturated heterocycles. The van der Waals surface area contributed by atoms with Gasteiger partial charge < -0.3 is 25.2 Å². The maximum Gasteiger partial charge on any atom is 0.237 e. The van der Waals surface area contributed by atoms with Gasteiger partial charge in [0.25, 0.3) is 0 Å². The van der Waals surface area contributed by atoms with Crippen molar-refractivity contribution in [3.8, 4) is 39.4 Å². The zero-order valence-electron chi connectivity index (χ0n) is 24.6. The van der Waals surface area contributed by atoms with Crippen LogP contribution in [0.3, 0.4) is 0 Å². The Morgan fingerprint density at radius 2 is 1.72 bits per heavy atom. The number of fused-ring (bicyclic) bond motifs is 1. The smallest absolute Gasteiger partial charge is 0.237 e. The fourth-order valence-electron chi connectivity index (χ4n) is 6.03. The molecule has 222 valence electrons. The van der Waals surface area contributed by atoms with Crippen molar-refractivity contribution in [2.45, 2.75) is 25.4 Å². The van der Waals surface area contributed by atoms with Crippen LogP contribution in [0.25, 0.3) is 33.5 Å². The molecular weight excluding hydrogens is 581 g/mol. The number of carbonyl (C=O) groups excluding carboxylic acids is 1. The van der Waals surface area contributed by atoms with Crippen LogP contribution in [0.1, 0.15) is 18.4 Å². The number of hydrogen-bond donors (Lipinski definition) is 2. The number of anilines is 2. The van der Waals surface area contributed by atoms with E-state index in [0.29, 0.717) is 34.6 Å². The van der Waals surface area contributed by atoms with E-state index in [4.69, 9.17) is 32.9 Å². The van der Waals surface area contributed by atoms with E-state index in [-0.39, 0.29) is 11.9 Å². The van der Waals surface area contributed by atoms with E-state index in [9.17, 15) is 4.79 Å². The molecule has 0 unspecified atom stereocenters. The van der Waals surface area contributed by atoms with Crippen molar-refractivity contribution in [3.63, 3.8) is 0 Å². The molecule has 9 heteroatoms. The lowest BCUT2D eigenvalue weighted by Crippen LogP contribution is -2.37. The number of methoxy groups -OCH3 is 1. The number of rotatable bonds is 7. The number of hydrogen-bond acceptors (Lipinski definition) is 6. The van der Waals surface area contributed by atoms with E-state index >= 15 is 0 Å². The van der Waals surface area contributed by atoms with Crippen molar-refractivity contribution in [1.29, 1.82) is 0 Å². The molecule has 1 aromatic heterocycles. The predicted molar refractivity (Wildman–Crippen MR) is 177 cm³/mol. The van der Waals surface area contributed by atoms with Gasteiger partial charge in [0.05, 0.1) is 28.5 Å². The second kappa shape index (κ2) is 12.4. The molecule has 6 rings (SSSR count). The lowest BCUT2D eigenvalue weighted by atomic mass is 9.95. The van der Waals surface area contributed by atoms with Gasteiger partial charge in [-0.15, -0.1) is 0 Å². The molecule has 7 nitrogen and oxygen atoms in total. The van der Waals surface area contributed by atoms with Gasteiger partial charge in [0.2, 0.25) is 11.8 Å². The van der Waals surface area contributed by atoms with Gasteiger partial charge in [-0.25, -0.2) is 4.98 Å². The van der Waals surface area contributed by atoms with E-state index in [2.05, 4.69) is 51.7 Å². The number of nitrogens with one attached hydrogen (secondary N) is 2. The molecule has 1 fully saturated rings. The molecule has 1 atom stereocenters. The molecule has 0 bridgehead atoms. The molecule has 0 saturated carbocycles. The minimum Gasteiger partial charge on any atom is -0.480 e. The zero-order chi connectivity index (χ0) is 30.1. The summed E-state index contributed by atoms with van der Waals surface area (Å²) in [7, 11) is 5.72. The Hall–Kier alpha value is -3.78. The molecule has 3 heterocycles. The third kappa shape index (κ3) is 5.90. The first kappa shape index (κ1) is 29.3. The van der Waals surface area contributed by atoms with Gasteiger partial charge in [0.15, 0.2) is 0 Å². The summed E-state index contributed by atoms with van der Waals surface area (Å²) in [5.41, 5.74) is 8.54. The van der Waals surface area contributed by atoms with Crippen molar-refractivity contribution < 1.29 is 9.53 Å². The summed E-state index contributed by atoms with van der Waals surface area (Å²) in [6, 6.07) is 22.6. The number of halogens is 2. The van der Waals surface area contributed by atoms with Crippen molar-refractivity contribution in [1.82, 2.24) is 15.6 Å². The van der Waals surface area contributed by atoms with Gasteiger partial charge in [-0.2, -0.15) is 0 Å². The number of likely N-dealkylation sites (N-methyl/N-ethyl adjacent to an activating group) is 2. The van der Waals surface area contributed by atoms with Gasteiger partial charge in [-0.05, 0) is 41.8 Å². The number of pyridine rings is 1. The molecule has 3 aromatic carbocycles. The molecule has 0 spiro atoms. The molecule has 0 radical (unpaired) electrons. The summed E-state index contributed by atoms with van der Waals surface area (Å²) in [6.07, 6.45) is 1.39. The summed E-state index contributed by atoms with van der Waals surface area (Å²) < 4.78 is 5.69. The first-order valence-electron chi connectivity index (χ1n) is 14.5. The number of aromatic nitrogens is 1. The van der Waals surface area contributed by atoms with Crippen molar-refractivity contribution in [2.24, 2.45) is 0 Å². The number of amides is 1. The predicted octanol–water partition coefficient (Wildman–Crippen LogP) is 6.65. The second-order valence-corrected chi connectivity index (χ2v) is 11.9. The molecular formula is C34H35Cl2N5O2. The Morgan fingerprint density at radius 1 is 1.00 bits per heavy atom. The van der Waals surface area contributed by atoms with Crippen molar-refractivity contribution in [2.75, 3.05) is 50.6 Å². The topological polar surface area (TPSA) is 69.7 Å². The Kier molecular flexibility index (Phi) is 8.48. The summed E-state index contributed by atoms with van der Waals surface area (Å²) >= 11 is 14.2. The zero-order valence-corrected chi connectivity index (χ0v) is 26.1. The Labute approximate surface area is 262 Å². The van der Waals surface area contributed by atoms with Crippen LogP contribution in [0.5, 0.6) is 5.88 Å². The number of nitrogens with zero attached hydrogens (tertiary/aromatic N) is 3. The van der Waals surface area contributed by atoms with Gasteiger partial charge in [0, 0.05) is 80.7 Å². The average molecular weight is 617 g/mol. The Morgan fingerprint density at radius 3 is 2.44 bits per heavy atom. The Balaban J connectivity index is 1.32. The first-order chi connectivity index (χ1) is 20.8. The SMILES string of the molecule is COc1nc(-c2cccc(-c3cccc(-c4ccc5c(c4)CNCCN5C)c3Cl)c2Cl)ccc1N(C)C[C@@H]1CCC(=O)N1. The van der Waals surface area contributed by atoms with E-state index in [1.54, 1.807) is 7.11 Å². The third-order valence-corrected chi connectivity index (χ3v) is 9.14. The fourth-order valence-corrected chi connectivity index (χ4v) is 6.69. The molecule has 43 heavy (non-hydrogen) atoms. The number of ether oxygens (including phenoxy) is 1. The quantitative estimate of drug-likeness (QED) is 0.242. The van der Waals surface area contributed by atoms with Crippen LogP contribution in [0.2, 0.25) is 10.0 Å². The highest BCUT2D eigenvalue weighted by Gasteiger charge is 2.24. The van der Waals surface area contributed by atoms with E-state index in [0.717, 1.165) is 59.6 Å². The minimum atomic E-state index is 0.0993. The van der Waals surface area contributed by atoms with E-state index < -0.39 is 0 Å². The van der Waals surface area contributed by atoms with E-state index in [1.165, 1.54) is 11.3 Å². The van der Waals surface area contributed by atoms with Crippen LogP contribution in [0.15, 0.2) is 66.7 Å². The highest BCUT2D eigenvalue weighted by molar-refractivity contribution is 6.39. The normalized spacial score (nSPS) is 16.4. The maximum atomic E-state index is 11.7. The largest absolute Gasteiger partial charge is 0.480 e. The van der Waals surface area contributed by atoms with Gasteiger partial charge in [0.1, 0.15) is 0 Å². The Bertz CT molecular complexity index is 1680. The summed E-state index contributed by atoms with van der Waals surface area (Å²) in [5, 5.41) is 7.74. The average Bonchev–Trinajstić information content (AvgIpc) is 3.33. The maximum absolute atomic E-state index is 11.7. The summed E-state index contributed by atoms with van der Waals surface area (Å²) in [5.74, 6) is 0.594. The van der Waals surface area contributed by atoms with Crippen LogP contribution < -0.4 is 25.2 Å². The standard InChI is InChI=1S/C34H35Cl2N5O2/c1-40-17-16-37-19-22-18-21(10-13-29(22)40)24-6-4-7-25(32(24)35)26-8-5-9-27(33(26)36)28-12-14-30(34(39-28)43-3)41(2)20-23-11-15-31(42)38-23/h4-10,12-14,18,23,37H,11,15-17,19-20H2,1-3H3,(H,38,42)/t23-/m0/s1. The molecule has 2 aliphatic heterocycles. The van der Waals surface area contributed by atoms with Gasteiger partial charge >= 0.3 is 0 Å². The molecule has 0 aliphatic carbocycles.